The second-order valence-electron chi connectivity index (χ2n) is 7.90. The van der Waals surface area contributed by atoms with Crippen LogP contribution in [0.3, 0.4) is 0 Å². The van der Waals surface area contributed by atoms with Crippen LogP contribution in [0, 0.1) is 5.92 Å². The molecular formula is C16H26BrN3O4S2. The van der Waals surface area contributed by atoms with Gasteiger partial charge in [0.25, 0.3) is 0 Å². The summed E-state index contributed by atoms with van der Waals surface area (Å²) in [6, 6.07) is 0. The van der Waals surface area contributed by atoms with Crippen molar-refractivity contribution >= 4 is 49.8 Å². The monoisotopic (exact) mass is 467 g/mol. The highest BCUT2D eigenvalue weighted by atomic mass is 79.9. The number of sulfonamides is 1. The average molecular weight is 468 g/mol. The van der Waals surface area contributed by atoms with Gasteiger partial charge in [0.05, 0.1) is 11.3 Å². The van der Waals surface area contributed by atoms with Gasteiger partial charge < -0.3 is 9.64 Å². The van der Waals surface area contributed by atoms with Crippen molar-refractivity contribution in [3.8, 4) is 0 Å². The Morgan fingerprint density at radius 3 is 2.46 bits per heavy atom. The molecule has 148 valence electrons. The van der Waals surface area contributed by atoms with Crippen LogP contribution in [0.2, 0.25) is 0 Å². The zero-order valence-corrected chi connectivity index (χ0v) is 19.3. The minimum absolute atomic E-state index is 0.00538. The van der Waals surface area contributed by atoms with Crippen molar-refractivity contribution in [2.45, 2.75) is 51.0 Å². The Bertz CT molecular complexity index is 760. The molecule has 1 fully saturated rings. The number of aliphatic imine (C=N–C) groups is 1. The van der Waals surface area contributed by atoms with Crippen LogP contribution in [0.4, 0.5) is 4.79 Å². The lowest BCUT2D eigenvalue weighted by molar-refractivity contribution is 0.0597. The standard InChI is InChI=1S/C16H26BrN3O4S2/c1-10-8-11(17)25-12(10)16(5)9-26(22,23)20(7)13(19(16)6)18-14(21)24-15(2,3)4/h8,10,12H,9H2,1-7H3. The van der Waals surface area contributed by atoms with Crippen molar-refractivity contribution in [3.05, 3.63) is 9.89 Å². The summed E-state index contributed by atoms with van der Waals surface area (Å²) in [7, 11) is -0.435. The minimum Gasteiger partial charge on any atom is -0.442 e. The number of rotatable bonds is 1. The van der Waals surface area contributed by atoms with E-state index in [1.54, 1.807) is 44.5 Å². The lowest BCUT2D eigenvalue weighted by atomic mass is 9.89. The van der Waals surface area contributed by atoms with Crippen molar-refractivity contribution in [3.63, 3.8) is 0 Å². The number of hydrogen-bond acceptors (Lipinski definition) is 5. The normalized spacial score (nSPS) is 33.4. The molecule has 1 amide bonds. The zero-order chi connectivity index (χ0) is 20.1. The van der Waals surface area contributed by atoms with Gasteiger partial charge in [-0.15, -0.1) is 16.8 Å². The van der Waals surface area contributed by atoms with Crippen LogP contribution in [0.15, 0.2) is 14.9 Å². The molecule has 0 aromatic rings. The van der Waals surface area contributed by atoms with Gasteiger partial charge in [-0.05, 0) is 49.5 Å². The highest BCUT2D eigenvalue weighted by Crippen LogP contribution is 2.48. The lowest BCUT2D eigenvalue weighted by Gasteiger charge is -2.50. The van der Waals surface area contributed by atoms with Crippen LogP contribution in [-0.2, 0) is 14.8 Å². The largest absolute Gasteiger partial charge is 0.442 e. The predicted octanol–water partition coefficient (Wildman–Crippen LogP) is 3.23. The molecule has 2 heterocycles. The lowest BCUT2D eigenvalue weighted by Crippen LogP contribution is -2.67. The number of ether oxygens (including phenoxy) is 1. The van der Waals surface area contributed by atoms with Gasteiger partial charge in [-0.1, -0.05) is 13.0 Å². The van der Waals surface area contributed by atoms with Crippen LogP contribution in [0.25, 0.3) is 0 Å². The third kappa shape index (κ3) is 4.22. The molecular weight excluding hydrogens is 442 g/mol. The molecule has 7 nitrogen and oxygen atoms in total. The van der Waals surface area contributed by atoms with Crippen molar-refractivity contribution in [1.82, 2.24) is 9.21 Å². The van der Waals surface area contributed by atoms with E-state index in [0.29, 0.717) is 0 Å². The first kappa shape index (κ1) is 21.6. The smallest absolute Gasteiger partial charge is 0.437 e. The number of thioether (sulfide) groups is 1. The molecule has 10 heteroatoms. The molecule has 3 atom stereocenters. The first-order valence-electron chi connectivity index (χ1n) is 8.23. The summed E-state index contributed by atoms with van der Waals surface area (Å²) in [5.74, 6) is 0.184. The number of halogens is 1. The Morgan fingerprint density at radius 2 is 2.00 bits per heavy atom. The second-order valence-corrected chi connectivity index (χ2v) is 12.5. The van der Waals surface area contributed by atoms with Gasteiger partial charge in [0.2, 0.25) is 16.0 Å². The Morgan fingerprint density at radius 1 is 1.42 bits per heavy atom. The molecule has 2 aliphatic heterocycles. The maximum Gasteiger partial charge on any atom is 0.437 e. The number of allylic oxidation sites excluding steroid dienone is 1. The van der Waals surface area contributed by atoms with E-state index < -0.39 is 27.3 Å². The molecule has 26 heavy (non-hydrogen) atoms. The van der Waals surface area contributed by atoms with Crippen LogP contribution in [-0.4, -0.2) is 65.9 Å². The third-order valence-electron chi connectivity index (χ3n) is 4.55. The summed E-state index contributed by atoms with van der Waals surface area (Å²) < 4.78 is 32.9. The Balaban J connectivity index is 2.44. The SMILES string of the molecule is CC1C=C(Br)SC1C1(C)CS(=O)(=O)N(C)C(=NC(=O)OC(C)(C)C)N1C. The maximum atomic E-state index is 12.8. The van der Waals surface area contributed by atoms with Gasteiger partial charge >= 0.3 is 6.09 Å². The van der Waals surface area contributed by atoms with E-state index in [1.165, 1.54) is 7.05 Å². The van der Waals surface area contributed by atoms with E-state index >= 15 is 0 Å². The average Bonchev–Trinajstić information content (AvgIpc) is 2.79. The van der Waals surface area contributed by atoms with Crippen molar-refractivity contribution in [2.75, 3.05) is 19.8 Å². The Hall–Kier alpha value is -0.740. The summed E-state index contributed by atoms with van der Waals surface area (Å²) >= 11 is 5.10. The summed E-state index contributed by atoms with van der Waals surface area (Å²) in [6.07, 6.45) is 1.27. The Labute approximate surface area is 168 Å². The molecule has 0 aromatic heterocycles. The van der Waals surface area contributed by atoms with Crippen molar-refractivity contribution in [1.29, 1.82) is 0 Å². The molecule has 0 aromatic carbocycles. The molecule has 3 unspecified atom stereocenters. The quantitative estimate of drug-likeness (QED) is 0.588. The third-order valence-corrected chi connectivity index (χ3v) is 8.87. The molecule has 2 aliphatic rings. The molecule has 0 aliphatic carbocycles. The van der Waals surface area contributed by atoms with Gasteiger partial charge in [0, 0.05) is 23.2 Å². The molecule has 0 radical (unpaired) electrons. The fourth-order valence-corrected chi connectivity index (χ4v) is 7.34. The highest BCUT2D eigenvalue weighted by molar-refractivity contribution is 9.14. The van der Waals surface area contributed by atoms with Gasteiger partial charge in [-0.3, -0.25) is 0 Å². The van der Waals surface area contributed by atoms with E-state index in [9.17, 15) is 13.2 Å². The zero-order valence-electron chi connectivity index (χ0n) is 16.1. The highest BCUT2D eigenvalue weighted by Gasteiger charge is 2.53. The van der Waals surface area contributed by atoms with Gasteiger partial charge in [0.15, 0.2) is 0 Å². The van der Waals surface area contributed by atoms with Crippen molar-refractivity contribution in [2.24, 2.45) is 10.9 Å². The van der Waals surface area contributed by atoms with Crippen LogP contribution in [0.1, 0.15) is 34.6 Å². The van der Waals surface area contributed by atoms with Gasteiger partial charge in [-0.2, -0.15) is 0 Å². The summed E-state index contributed by atoms with van der Waals surface area (Å²) in [5.41, 5.74) is -1.44. The second kappa shape index (κ2) is 7.01. The molecule has 0 N–H and O–H groups in total. The maximum absolute atomic E-state index is 12.8. The fourth-order valence-electron chi connectivity index (χ4n) is 3.17. The van der Waals surface area contributed by atoms with E-state index in [-0.39, 0.29) is 22.9 Å². The summed E-state index contributed by atoms with van der Waals surface area (Å²) in [5, 5.41) is -0.00538. The first-order valence-corrected chi connectivity index (χ1v) is 11.5. The number of nitrogens with zero attached hydrogens (tertiary/aromatic N) is 3. The fraction of sp³-hybridized carbons (Fsp3) is 0.750. The van der Waals surface area contributed by atoms with Crippen LogP contribution >= 0.6 is 27.7 Å². The molecule has 0 spiro atoms. The van der Waals surface area contributed by atoms with E-state index in [1.807, 2.05) is 6.92 Å². The summed E-state index contributed by atoms with van der Waals surface area (Å²) in [4.78, 5) is 18.0. The van der Waals surface area contributed by atoms with E-state index in [2.05, 4.69) is 33.9 Å². The number of carbonyl (C=O) groups is 1. The van der Waals surface area contributed by atoms with Gasteiger partial charge in [0.1, 0.15) is 5.60 Å². The Kier molecular flexibility index (Phi) is 5.82. The molecule has 0 saturated carbocycles. The number of guanidine groups is 1. The number of amides is 1. The van der Waals surface area contributed by atoms with Crippen LogP contribution in [0.5, 0.6) is 0 Å². The predicted molar refractivity (Wildman–Crippen MR) is 109 cm³/mol. The first-order chi connectivity index (χ1) is 11.7. The minimum atomic E-state index is -3.62. The molecule has 2 rings (SSSR count). The molecule has 0 bridgehead atoms. The van der Waals surface area contributed by atoms with Crippen LogP contribution < -0.4 is 0 Å². The van der Waals surface area contributed by atoms with E-state index in [0.717, 1.165) is 8.12 Å². The van der Waals surface area contributed by atoms with Crippen molar-refractivity contribution < 1.29 is 17.9 Å². The van der Waals surface area contributed by atoms with Gasteiger partial charge in [-0.25, -0.2) is 17.5 Å². The number of hydrogen-bond donors (Lipinski definition) is 0. The van der Waals surface area contributed by atoms with E-state index in [4.69, 9.17) is 4.74 Å². The number of carbonyl (C=O) groups excluding carboxylic acids is 1. The summed E-state index contributed by atoms with van der Waals surface area (Å²) in [6.45, 7) is 9.16. The molecule has 1 saturated heterocycles. The topological polar surface area (TPSA) is 79.3 Å².